The van der Waals surface area contributed by atoms with Gasteiger partial charge in [0.25, 0.3) is 5.91 Å². The van der Waals surface area contributed by atoms with Gasteiger partial charge < -0.3 is 4.74 Å². The Morgan fingerprint density at radius 1 is 1.03 bits per heavy atom. The fourth-order valence-corrected chi connectivity index (χ4v) is 4.80. The highest BCUT2D eigenvalue weighted by atomic mass is 79.9. The summed E-state index contributed by atoms with van der Waals surface area (Å²) in [7, 11) is 1.70. The zero-order chi connectivity index (χ0) is 23.5. The molecule has 1 amide bonds. The van der Waals surface area contributed by atoms with E-state index >= 15 is 0 Å². The molecule has 33 heavy (non-hydrogen) atoms. The molecule has 9 heteroatoms. The number of carbonyl (C=O) groups excluding carboxylic acids is 1. The molecule has 4 rings (SSSR count). The van der Waals surface area contributed by atoms with Crippen molar-refractivity contribution in [3.05, 3.63) is 96.2 Å². The van der Waals surface area contributed by atoms with Crippen molar-refractivity contribution in [2.45, 2.75) is 6.61 Å². The minimum atomic E-state index is -0.111. The van der Waals surface area contributed by atoms with E-state index in [1.807, 2.05) is 48.5 Å². The van der Waals surface area contributed by atoms with Gasteiger partial charge in [0.1, 0.15) is 12.4 Å². The number of aliphatic imine (C=N–C) groups is 1. The Morgan fingerprint density at radius 3 is 2.48 bits per heavy atom. The average molecular weight is 583 g/mol. The third kappa shape index (κ3) is 5.94. The molecule has 3 aromatic carbocycles. The van der Waals surface area contributed by atoms with Gasteiger partial charge in [-0.3, -0.25) is 9.69 Å². The number of rotatable bonds is 5. The van der Waals surface area contributed by atoms with E-state index in [2.05, 4.69) is 20.9 Å². The number of amides is 1. The number of hydrogen-bond acceptors (Lipinski definition) is 4. The summed E-state index contributed by atoms with van der Waals surface area (Å²) in [6.07, 6.45) is 1.83. The predicted octanol–water partition coefficient (Wildman–Crippen LogP) is 8.22. The van der Waals surface area contributed by atoms with Crippen LogP contribution in [-0.4, -0.2) is 23.0 Å². The lowest BCUT2D eigenvalue weighted by atomic mass is 10.2. The zero-order valence-electron chi connectivity index (χ0n) is 17.2. The summed E-state index contributed by atoms with van der Waals surface area (Å²) in [5, 5.41) is 2.29. The Balaban J connectivity index is 1.45. The topological polar surface area (TPSA) is 41.9 Å². The van der Waals surface area contributed by atoms with Crippen molar-refractivity contribution in [1.82, 2.24) is 4.90 Å². The van der Waals surface area contributed by atoms with Crippen molar-refractivity contribution in [2.75, 3.05) is 7.05 Å². The third-order valence-electron chi connectivity index (χ3n) is 4.72. The standard InChI is InChI=1S/C24H16BrCl3N2O2S/c1-30-23(31)22(33-24(30)29-17-6-9-19(25)21(28)12-17)10-14-2-7-18(8-3-14)32-13-15-4-5-16(26)11-20(15)27/h2-12H,13H2,1H3/b22-10-,29-24?. The molecule has 168 valence electrons. The molecule has 3 aromatic rings. The molecule has 1 fully saturated rings. The number of hydrogen-bond donors (Lipinski definition) is 0. The molecule has 0 saturated carbocycles. The van der Waals surface area contributed by atoms with Crippen molar-refractivity contribution in [1.29, 1.82) is 0 Å². The molecule has 0 atom stereocenters. The Hall–Kier alpha value is -1.96. The van der Waals surface area contributed by atoms with Crippen molar-refractivity contribution in [3.8, 4) is 5.75 Å². The summed E-state index contributed by atoms with van der Waals surface area (Å²) in [6.45, 7) is 0.329. The number of thioether (sulfide) groups is 1. The van der Waals surface area contributed by atoms with Crippen LogP contribution < -0.4 is 4.74 Å². The molecular formula is C24H16BrCl3N2O2S. The Labute approximate surface area is 219 Å². The molecule has 0 unspecified atom stereocenters. The summed E-state index contributed by atoms with van der Waals surface area (Å²) in [4.78, 5) is 19.4. The largest absolute Gasteiger partial charge is 0.489 e. The molecule has 1 aliphatic heterocycles. The average Bonchev–Trinajstić information content (AvgIpc) is 3.04. The van der Waals surface area contributed by atoms with E-state index in [0.29, 0.717) is 43.2 Å². The highest BCUT2D eigenvalue weighted by Crippen LogP contribution is 2.35. The van der Waals surface area contributed by atoms with E-state index in [1.165, 1.54) is 16.7 Å². The van der Waals surface area contributed by atoms with Crippen LogP contribution in [0.5, 0.6) is 5.75 Å². The molecule has 0 aromatic heterocycles. The van der Waals surface area contributed by atoms with Gasteiger partial charge >= 0.3 is 0 Å². The number of amidine groups is 1. The summed E-state index contributed by atoms with van der Waals surface area (Å²) >= 11 is 22.9. The van der Waals surface area contributed by atoms with Crippen molar-refractivity contribution in [3.63, 3.8) is 0 Å². The molecule has 0 N–H and O–H groups in total. The fourth-order valence-electron chi connectivity index (χ4n) is 2.93. The van der Waals surface area contributed by atoms with Gasteiger partial charge in [-0.25, -0.2) is 4.99 Å². The number of benzene rings is 3. The first-order valence-corrected chi connectivity index (χ1v) is 12.4. The number of likely N-dealkylation sites (N-methyl/N-ethyl adjacent to an activating group) is 1. The highest BCUT2D eigenvalue weighted by molar-refractivity contribution is 9.10. The molecule has 1 aliphatic rings. The molecule has 0 bridgehead atoms. The number of carbonyl (C=O) groups is 1. The molecule has 0 spiro atoms. The molecule has 4 nitrogen and oxygen atoms in total. The van der Waals surface area contributed by atoms with Crippen molar-refractivity contribution < 1.29 is 9.53 Å². The maximum atomic E-state index is 12.7. The van der Waals surface area contributed by atoms with Gasteiger partial charge in [0.2, 0.25) is 0 Å². The maximum Gasteiger partial charge on any atom is 0.266 e. The summed E-state index contributed by atoms with van der Waals surface area (Å²) in [6, 6.07) is 18.2. The van der Waals surface area contributed by atoms with E-state index in [4.69, 9.17) is 39.5 Å². The van der Waals surface area contributed by atoms with Crippen LogP contribution >= 0.6 is 62.5 Å². The number of nitrogens with zero attached hydrogens (tertiary/aromatic N) is 2. The lowest BCUT2D eigenvalue weighted by Gasteiger charge is -2.08. The first-order valence-electron chi connectivity index (χ1n) is 9.68. The van der Waals surface area contributed by atoms with E-state index in [9.17, 15) is 4.79 Å². The van der Waals surface area contributed by atoms with Gasteiger partial charge in [-0.2, -0.15) is 0 Å². The summed E-state index contributed by atoms with van der Waals surface area (Å²) in [5.41, 5.74) is 2.40. The van der Waals surface area contributed by atoms with Crippen LogP contribution in [0.3, 0.4) is 0 Å². The van der Waals surface area contributed by atoms with Crippen LogP contribution in [0.25, 0.3) is 6.08 Å². The monoisotopic (exact) mass is 580 g/mol. The van der Waals surface area contributed by atoms with E-state index in [-0.39, 0.29) is 5.91 Å². The molecule has 1 heterocycles. The highest BCUT2D eigenvalue weighted by Gasteiger charge is 2.30. The minimum Gasteiger partial charge on any atom is -0.489 e. The summed E-state index contributed by atoms with van der Waals surface area (Å²) in [5.74, 6) is 0.583. The Morgan fingerprint density at radius 2 is 1.79 bits per heavy atom. The Kier molecular flexibility index (Phi) is 7.72. The van der Waals surface area contributed by atoms with Gasteiger partial charge in [0, 0.05) is 27.1 Å². The van der Waals surface area contributed by atoms with E-state index < -0.39 is 0 Å². The second-order valence-corrected chi connectivity index (χ2v) is 10.2. The van der Waals surface area contributed by atoms with Gasteiger partial charge in [-0.15, -0.1) is 0 Å². The second-order valence-electron chi connectivity index (χ2n) is 7.06. The van der Waals surface area contributed by atoms with Crippen LogP contribution in [0, 0.1) is 0 Å². The van der Waals surface area contributed by atoms with Crippen LogP contribution in [0.1, 0.15) is 11.1 Å². The van der Waals surface area contributed by atoms with E-state index in [0.717, 1.165) is 15.6 Å². The van der Waals surface area contributed by atoms with Crippen molar-refractivity contribution in [2.24, 2.45) is 4.99 Å². The maximum absolute atomic E-state index is 12.7. The number of halogens is 4. The Bertz CT molecular complexity index is 1280. The van der Waals surface area contributed by atoms with Gasteiger partial charge in [0.15, 0.2) is 5.17 Å². The second kappa shape index (κ2) is 10.5. The fraction of sp³-hybridized carbons (Fsp3) is 0.0833. The molecular weight excluding hydrogens is 567 g/mol. The normalized spacial score (nSPS) is 16.2. The van der Waals surface area contributed by atoms with Gasteiger partial charge in [-0.1, -0.05) is 53.0 Å². The first-order chi connectivity index (χ1) is 15.8. The van der Waals surface area contributed by atoms with Crippen molar-refractivity contribution >= 4 is 85.3 Å². The van der Waals surface area contributed by atoms with Crippen LogP contribution in [0.4, 0.5) is 5.69 Å². The molecule has 0 radical (unpaired) electrons. The van der Waals surface area contributed by atoms with Gasteiger partial charge in [-0.05, 0) is 81.8 Å². The lowest BCUT2D eigenvalue weighted by Crippen LogP contribution is -2.23. The van der Waals surface area contributed by atoms with Gasteiger partial charge in [0.05, 0.1) is 15.6 Å². The molecule has 1 saturated heterocycles. The lowest BCUT2D eigenvalue weighted by molar-refractivity contribution is -0.121. The van der Waals surface area contributed by atoms with Crippen LogP contribution in [-0.2, 0) is 11.4 Å². The SMILES string of the molecule is CN1C(=O)/C(=C/c2ccc(OCc3ccc(Cl)cc3Cl)cc2)SC1=Nc1ccc(Br)c(Cl)c1. The molecule has 0 aliphatic carbocycles. The predicted molar refractivity (Wildman–Crippen MR) is 142 cm³/mol. The van der Waals surface area contributed by atoms with Crippen LogP contribution in [0.2, 0.25) is 15.1 Å². The van der Waals surface area contributed by atoms with E-state index in [1.54, 1.807) is 25.2 Å². The first kappa shape index (κ1) is 24.2. The summed E-state index contributed by atoms with van der Waals surface area (Å²) < 4.78 is 6.61. The van der Waals surface area contributed by atoms with Crippen LogP contribution in [0.15, 0.2) is 75.0 Å². The zero-order valence-corrected chi connectivity index (χ0v) is 21.9. The minimum absolute atomic E-state index is 0.111. The third-order valence-corrected chi connectivity index (χ3v) is 7.60. The quantitative estimate of drug-likeness (QED) is 0.285. The number of ether oxygens (including phenoxy) is 1. The smallest absolute Gasteiger partial charge is 0.266 e.